The van der Waals surface area contributed by atoms with Crippen molar-refractivity contribution in [1.29, 1.82) is 0 Å². The van der Waals surface area contributed by atoms with Gasteiger partial charge in [-0.2, -0.15) is 0 Å². The van der Waals surface area contributed by atoms with E-state index >= 15 is 0 Å². The van der Waals surface area contributed by atoms with Gasteiger partial charge in [0.1, 0.15) is 11.7 Å². The summed E-state index contributed by atoms with van der Waals surface area (Å²) in [6, 6.07) is 8.17. The van der Waals surface area contributed by atoms with Gasteiger partial charge in [0.05, 0.1) is 41.3 Å². The highest BCUT2D eigenvalue weighted by atomic mass is 16.6. The quantitative estimate of drug-likeness (QED) is 0.374. The van der Waals surface area contributed by atoms with Crippen LogP contribution >= 0.6 is 0 Å². The van der Waals surface area contributed by atoms with Crippen LogP contribution in [0.5, 0.6) is 0 Å². The molecule has 8 atom stereocenters. The van der Waals surface area contributed by atoms with Crippen LogP contribution in [0.15, 0.2) is 41.5 Å². The van der Waals surface area contributed by atoms with Crippen molar-refractivity contribution in [2.24, 2.45) is 16.7 Å². The van der Waals surface area contributed by atoms with Crippen LogP contribution in [0.3, 0.4) is 0 Å². The van der Waals surface area contributed by atoms with E-state index in [2.05, 4.69) is 0 Å². The predicted octanol–water partition coefficient (Wildman–Crippen LogP) is 1.29. The molecule has 1 aliphatic heterocycles. The minimum absolute atomic E-state index is 0.0912. The monoisotopic (exact) mass is 542 g/mol. The Bertz CT molecular complexity index is 1280. The summed E-state index contributed by atoms with van der Waals surface area (Å²) in [5.74, 6) is -4.67. The average molecular weight is 543 g/mol. The van der Waals surface area contributed by atoms with Crippen LogP contribution in [0.4, 0.5) is 0 Å². The van der Waals surface area contributed by atoms with Gasteiger partial charge in [-0.05, 0) is 51.8 Å². The highest BCUT2D eigenvalue weighted by Gasteiger charge is 2.78. The van der Waals surface area contributed by atoms with Crippen molar-refractivity contribution in [3.05, 3.63) is 47.0 Å². The first-order valence-corrected chi connectivity index (χ1v) is 13.1. The molecule has 1 heterocycles. The van der Waals surface area contributed by atoms with E-state index in [0.717, 1.165) is 0 Å². The number of hydrogen-bond acceptors (Lipinski definition) is 10. The normalized spacial score (nSPS) is 39.6. The largest absolute Gasteiger partial charge is 0.455 e. The lowest BCUT2D eigenvalue weighted by Gasteiger charge is -2.63. The molecule has 1 aromatic carbocycles. The molecule has 0 unspecified atom stereocenters. The van der Waals surface area contributed by atoms with Crippen molar-refractivity contribution < 1.29 is 48.7 Å². The molecule has 1 aromatic rings. The van der Waals surface area contributed by atoms with Crippen LogP contribution in [0.2, 0.25) is 0 Å². The minimum Gasteiger partial charge on any atom is -0.455 e. The molecule has 3 aliphatic carbocycles. The summed E-state index contributed by atoms with van der Waals surface area (Å²) in [4.78, 5) is 53.7. The first kappa shape index (κ1) is 27.6. The van der Waals surface area contributed by atoms with E-state index in [-0.39, 0.29) is 36.2 Å². The SMILES string of the molecule is CC(=O)O[C@@]12CO[C@@H]1C[C@H](O)[C@@]1(C)C(=O)C(=O)C3=C(C)[C@@H](O)C[C@@]3(C(C)(C)OC(=O)c3ccccc3)[C@@H](O)[C@H]21. The van der Waals surface area contributed by atoms with Crippen molar-refractivity contribution in [2.75, 3.05) is 6.61 Å². The van der Waals surface area contributed by atoms with E-state index in [1.165, 1.54) is 34.6 Å². The number of esters is 2. The van der Waals surface area contributed by atoms with E-state index in [9.17, 15) is 34.5 Å². The van der Waals surface area contributed by atoms with Gasteiger partial charge in [-0.3, -0.25) is 14.4 Å². The fourth-order valence-corrected chi connectivity index (χ4v) is 7.63. The topological polar surface area (TPSA) is 157 Å². The summed E-state index contributed by atoms with van der Waals surface area (Å²) in [5.41, 5.74) is -6.57. The molecule has 0 aromatic heterocycles. The molecule has 1 saturated heterocycles. The third-order valence-electron chi connectivity index (χ3n) is 9.72. The molecule has 39 heavy (non-hydrogen) atoms. The van der Waals surface area contributed by atoms with Gasteiger partial charge in [-0.15, -0.1) is 0 Å². The molecule has 0 bridgehead atoms. The molecule has 10 nitrogen and oxygen atoms in total. The van der Waals surface area contributed by atoms with Crippen LogP contribution < -0.4 is 0 Å². The van der Waals surface area contributed by atoms with Gasteiger partial charge in [0, 0.05) is 24.8 Å². The molecular weight excluding hydrogens is 508 g/mol. The Kier molecular flexibility index (Phi) is 6.23. The number of Topliss-reactive ketones (excluding diaryl/α,β-unsaturated/α-hetero) is 2. The number of ether oxygens (including phenoxy) is 3. The summed E-state index contributed by atoms with van der Waals surface area (Å²) in [5, 5.41) is 34.8. The van der Waals surface area contributed by atoms with Crippen LogP contribution in [0, 0.1) is 16.7 Å². The van der Waals surface area contributed by atoms with Gasteiger partial charge < -0.3 is 29.5 Å². The Morgan fingerprint density at radius 1 is 1.10 bits per heavy atom. The van der Waals surface area contributed by atoms with Gasteiger partial charge in [-0.25, -0.2) is 4.79 Å². The standard InChI is InChI=1S/C29H34O10/c1-14-17(31)12-28(26(3,4)39-25(36)16-9-7-6-8-10-16)20(14)21(33)23(34)27(5)18(32)11-19-29(13-37-19,38-15(2)30)22(27)24(28)35/h6-10,17-19,22,24,31-32,35H,11-13H2,1-5H3/t17-,18-,19+,22-,24-,27+,28-,29-/m0/s1. The number of aliphatic hydroxyl groups is 3. The number of rotatable bonds is 4. The minimum atomic E-state index is -1.86. The average Bonchev–Trinajstić information content (AvgIpc) is 3.13. The van der Waals surface area contributed by atoms with Crippen LogP contribution in [0.1, 0.15) is 57.8 Å². The third kappa shape index (κ3) is 3.48. The molecule has 210 valence electrons. The maximum atomic E-state index is 14.1. The highest BCUT2D eigenvalue weighted by molar-refractivity contribution is 6.46. The summed E-state index contributed by atoms with van der Waals surface area (Å²) in [7, 11) is 0. The lowest BCUT2D eigenvalue weighted by Crippen LogP contribution is -2.78. The molecule has 0 spiro atoms. The van der Waals surface area contributed by atoms with Crippen molar-refractivity contribution in [1.82, 2.24) is 0 Å². The number of fused-ring (bicyclic) bond motifs is 4. The summed E-state index contributed by atoms with van der Waals surface area (Å²) < 4.78 is 17.5. The summed E-state index contributed by atoms with van der Waals surface area (Å²) >= 11 is 0. The van der Waals surface area contributed by atoms with E-state index in [4.69, 9.17) is 14.2 Å². The Balaban J connectivity index is 1.74. The maximum absolute atomic E-state index is 14.1. The summed E-state index contributed by atoms with van der Waals surface area (Å²) in [6.07, 6.45) is -5.48. The van der Waals surface area contributed by atoms with Crippen LogP contribution in [-0.4, -0.2) is 81.0 Å². The van der Waals surface area contributed by atoms with E-state index in [1.807, 2.05) is 0 Å². The number of ketones is 2. The molecule has 3 fully saturated rings. The fraction of sp³-hybridized carbons (Fsp3) is 0.586. The number of carbonyl (C=O) groups excluding carboxylic acids is 4. The molecule has 2 saturated carbocycles. The second kappa shape index (κ2) is 8.79. The lowest BCUT2D eigenvalue weighted by atomic mass is 9.50. The Hall–Kier alpha value is -2.92. The van der Waals surface area contributed by atoms with Gasteiger partial charge in [0.2, 0.25) is 11.6 Å². The Morgan fingerprint density at radius 3 is 2.31 bits per heavy atom. The van der Waals surface area contributed by atoms with Crippen LogP contribution in [0.25, 0.3) is 0 Å². The molecule has 3 N–H and O–H groups in total. The third-order valence-corrected chi connectivity index (χ3v) is 9.72. The van der Waals surface area contributed by atoms with E-state index in [1.54, 1.807) is 30.3 Å². The molecule has 10 heteroatoms. The highest BCUT2D eigenvalue weighted by Crippen LogP contribution is 2.65. The fourth-order valence-electron chi connectivity index (χ4n) is 7.63. The Morgan fingerprint density at radius 2 is 1.74 bits per heavy atom. The van der Waals surface area contributed by atoms with Gasteiger partial charge in [0.15, 0.2) is 5.60 Å². The zero-order valence-electron chi connectivity index (χ0n) is 22.6. The van der Waals surface area contributed by atoms with Gasteiger partial charge >= 0.3 is 11.9 Å². The zero-order chi connectivity index (χ0) is 28.7. The number of carbonyl (C=O) groups is 4. The second-order valence-corrected chi connectivity index (χ2v) is 12.0. The number of aliphatic hydroxyl groups excluding tert-OH is 3. The zero-order valence-corrected chi connectivity index (χ0v) is 22.6. The maximum Gasteiger partial charge on any atom is 0.338 e. The van der Waals surface area contributed by atoms with E-state index in [0.29, 0.717) is 0 Å². The van der Waals surface area contributed by atoms with Crippen molar-refractivity contribution in [3.8, 4) is 0 Å². The number of hydrogen-bond donors (Lipinski definition) is 3. The molecular formula is C29H34O10. The van der Waals surface area contributed by atoms with E-state index < -0.39 is 75.9 Å². The van der Waals surface area contributed by atoms with Gasteiger partial charge in [-0.1, -0.05) is 18.2 Å². The smallest absolute Gasteiger partial charge is 0.338 e. The molecule has 4 aliphatic rings. The predicted molar refractivity (Wildman–Crippen MR) is 134 cm³/mol. The molecule has 5 rings (SSSR count). The van der Waals surface area contributed by atoms with Crippen molar-refractivity contribution in [3.63, 3.8) is 0 Å². The van der Waals surface area contributed by atoms with Crippen molar-refractivity contribution >= 4 is 23.5 Å². The first-order chi connectivity index (χ1) is 18.1. The van der Waals surface area contributed by atoms with Crippen molar-refractivity contribution in [2.45, 2.75) is 83.1 Å². The molecule has 0 radical (unpaired) electrons. The number of benzene rings is 1. The van der Waals surface area contributed by atoms with Crippen LogP contribution in [-0.2, 0) is 28.6 Å². The first-order valence-electron chi connectivity index (χ1n) is 13.1. The Labute approximate surface area is 225 Å². The molecule has 0 amide bonds. The summed E-state index contributed by atoms with van der Waals surface area (Å²) in [6.45, 7) is 6.97. The second-order valence-electron chi connectivity index (χ2n) is 12.0. The lowest BCUT2D eigenvalue weighted by molar-refractivity contribution is -0.337. The van der Waals surface area contributed by atoms with Gasteiger partial charge in [0.25, 0.3) is 0 Å².